The Bertz CT molecular complexity index is 1470. The highest BCUT2D eigenvalue weighted by molar-refractivity contribution is 6.04. The first kappa shape index (κ1) is 31.9. The monoisotopic (exact) mass is 600 g/mol. The van der Waals surface area contributed by atoms with Crippen LogP contribution in [0.15, 0.2) is 41.5 Å². The van der Waals surface area contributed by atoms with Crippen molar-refractivity contribution >= 4 is 23.0 Å². The molecule has 43 heavy (non-hydrogen) atoms. The fraction of sp³-hybridized carbons (Fsp3) is 0.452. The molecule has 4 rings (SSSR count). The van der Waals surface area contributed by atoms with E-state index in [0.717, 1.165) is 29.1 Å². The van der Waals surface area contributed by atoms with E-state index in [4.69, 9.17) is 24.9 Å². The molecule has 1 fully saturated rings. The number of nitrogen functional groups attached to an aromatic ring is 1. The van der Waals surface area contributed by atoms with E-state index in [1.165, 1.54) is 13.2 Å². The van der Waals surface area contributed by atoms with Gasteiger partial charge in [0.2, 0.25) is 0 Å². The fourth-order valence-electron chi connectivity index (χ4n) is 5.09. The van der Waals surface area contributed by atoms with E-state index in [0.29, 0.717) is 48.2 Å². The van der Waals surface area contributed by atoms with Crippen LogP contribution in [0.25, 0.3) is 0 Å². The van der Waals surface area contributed by atoms with Gasteiger partial charge in [0.25, 0.3) is 5.88 Å². The van der Waals surface area contributed by atoms with Crippen LogP contribution >= 0.6 is 0 Å². The van der Waals surface area contributed by atoms with Gasteiger partial charge in [0.05, 0.1) is 48.9 Å². The Labute approximate surface area is 250 Å². The molecule has 232 valence electrons. The van der Waals surface area contributed by atoms with Crippen molar-refractivity contribution < 1.29 is 27.4 Å². The van der Waals surface area contributed by atoms with E-state index in [9.17, 15) is 13.2 Å². The number of rotatable bonds is 9. The van der Waals surface area contributed by atoms with Crippen LogP contribution in [0.5, 0.6) is 11.6 Å². The summed E-state index contributed by atoms with van der Waals surface area (Å²) in [4.78, 5) is 16.0. The smallest absolute Gasteiger partial charge is 0.416 e. The number of ether oxygens (including phenoxy) is 3. The number of halogens is 3. The molecule has 1 aromatic carbocycles. The molecule has 0 aliphatic carbocycles. The van der Waals surface area contributed by atoms with Crippen LogP contribution in [-0.2, 0) is 10.9 Å². The van der Waals surface area contributed by atoms with E-state index in [1.807, 2.05) is 24.9 Å². The van der Waals surface area contributed by atoms with Gasteiger partial charge in [-0.3, -0.25) is 9.98 Å². The largest absolute Gasteiger partial charge is 0.482 e. The number of methoxy groups -OCH3 is 1. The number of hydrogen-bond acceptors (Lipinski definition) is 8. The van der Waals surface area contributed by atoms with Crippen molar-refractivity contribution in [3.63, 3.8) is 0 Å². The molecule has 0 saturated carbocycles. The molecule has 2 atom stereocenters. The first-order valence-electron chi connectivity index (χ1n) is 14.1. The van der Waals surface area contributed by atoms with Crippen molar-refractivity contribution in [1.29, 1.82) is 0 Å². The number of amidine groups is 1. The van der Waals surface area contributed by atoms with Crippen molar-refractivity contribution in [3.05, 3.63) is 64.5 Å². The molecule has 12 heteroatoms. The minimum Gasteiger partial charge on any atom is -0.482 e. The Morgan fingerprint density at radius 1 is 1.21 bits per heavy atom. The van der Waals surface area contributed by atoms with Crippen molar-refractivity contribution in [1.82, 2.24) is 15.3 Å². The summed E-state index contributed by atoms with van der Waals surface area (Å²) in [5.41, 5.74) is 8.72. The van der Waals surface area contributed by atoms with Gasteiger partial charge in [-0.25, -0.2) is 0 Å². The SMILES string of the molecule is CN=C(N[C@H](C)c1cc(N)cc(C(F)(F)F)c1)c1cc(O[C@H]2CCOC2)c(OC)nc1N(C)c1c(C)ccnc1C(C)C. The molecule has 3 heterocycles. The second-order valence-electron chi connectivity index (χ2n) is 10.9. The molecular weight excluding hydrogens is 561 g/mol. The number of alkyl halides is 3. The topological polar surface area (TPSA) is 107 Å². The van der Waals surface area contributed by atoms with Crippen LogP contribution in [0, 0.1) is 6.92 Å². The maximum atomic E-state index is 13.6. The lowest BCUT2D eigenvalue weighted by molar-refractivity contribution is -0.137. The van der Waals surface area contributed by atoms with Gasteiger partial charge in [-0.2, -0.15) is 18.2 Å². The number of aryl methyl sites for hydroxylation is 1. The van der Waals surface area contributed by atoms with Gasteiger partial charge < -0.3 is 30.2 Å². The molecule has 1 aliphatic heterocycles. The number of aromatic nitrogens is 2. The average Bonchev–Trinajstić information content (AvgIpc) is 3.47. The Kier molecular flexibility index (Phi) is 9.69. The maximum absolute atomic E-state index is 13.6. The molecule has 3 aromatic rings. The van der Waals surface area contributed by atoms with Gasteiger partial charge in [0.15, 0.2) is 5.75 Å². The Morgan fingerprint density at radius 3 is 2.56 bits per heavy atom. The highest BCUT2D eigenvalue weighted by Gasteiger charge is 2.32. The summed E-state index contributed by atoms with van der Waals surface area (Å²) in [6.07, 6.45) is -2.22. The molecule has 0 radical (unpaired) electrons. The number of benzene rings is 1. The van der Waals surface area contributed by atoms with E-state index in [-0.39, 0.29) is 23.6 Å². The molecule has 1 aliphatic rings. The van der Waals surface area contributed by atoms with Crippen LogP contribution < -0.4 is 25.4 Å². The summed E-state index contributed by atoms with van der Waals surface area (Å²) in [5, 5.41) is 3.29. The lowest BCUT2D eigenvalue weighted by atomic mass is 10.0. The van der Waals surface area contributed by atoms with Gasteiger partial charge in [-0.15, -0.1) is 0 Å². The van der Waals surface area contributed by atoms with Gasteiger partial charge in [0, 0.05) is 38.5 Å². The second-order valence-corrected chi connectivity index (χ2v) is 10.9. The summed E-state index contributed by atoms with van der Waals surface area (Å²) in [5.74, 6) is 1.68. The molecule has 0 unspecified atom stereocenters. The molecule has 1 saturated heterocycles. The Balaban J connectivity index is 1.84. The maximum Gasteiger partial charge on any atom is 0.416 e. The van der Waals surface area contributed by atoms with Crippen molar-refractivity contribution in [3.8, 4) is 11.6 Å². The predicted molar refractivity (Wildman–Crippen MR) is 162 cm³/mol. The lowest BCUT2D eigenvalue weighted by Crippen LogP contribution is -2.30. The summed E-state index contributed by atoms with van der Waals surface area (Å²) < 4.78 is 58.1. The van der Waals surface area contributed by atoms with Crippen LogP contribution in [-0.4, -0.2) is 56.3 Å². The third kappa shape index (κ3) is 7.12. The standard InChI is InChI=1S/C31H39F3N6O3/c1-17(2)26-27(18(3)8-10-37-26)40(6)29-24(15-25(30(39-29)41-7)43-23-9-11-42-16-23)28(36-5)38-19(4)20-12-21(31(32,33)34)14-22(35)13-20/h8,10,12-15,17,19,23H,9,11,16,35H2,1-7H3,(H,36,38)/t19-,23+/m1/s1. The van der Waals surface area contributed by atoms with Crippen molar-refractivity contribution in [2.75, 3.05) is 45.1 Å². The molecule has 0 bridgehead atoms. The molecule has 2 aromatic heterocycles. The van der Waals surface area contributed by atoms with Gasteiger partial charge >= 0.3 is 6.18 Å². The molecular formula is C31H39F3N6O3. The molecule has 9 nitrogen and oxygen atoms in total. The zero-order valence-electron chi connectivity index (χ0n) is 25.5. The predicted octanol–water partition coefficient (Wildman–Crippen LogP) is 6.18. The third-order valence-corrected chi connectivity index (χ3v) is 7.30. The van der Waals surface area contributed by atoms with Gasteiger partial charge in [0.1, 0.15) is 17.8 Å². The van der Waals surface area contributed by atoms with Gasteiger partial charge in [-0.05, 0) is 55.2 Å². The average molecular weight is 601 g/mol. The first-order valence-corrected chi connectivity index (χ1v) is 14.1. The fourth-order valence-corrected chi connectivity index (χ4v) is 5.09. The normalized spacial score (nSPS) is 16.3. The quantitative estimate of drug-likeness (QED) is 0.170. The Hall–Kier alpha value is -4.06. The summed E-state index contributed by atoms with van der Waals surface area (Å²) in [6.45, 7) is 8.91. The van der Waals surface area contributed by atoms with Crippen LogP contribution in [0.3, 0.4) is 0 Å². The highest BCUT2D eigenvalue weighted by atomic mass is 19.4. The van der Waals surface area contributed by atoms with Crippen molar-refractivity contribution in [2.45, 2.75) is 58.4 Å². The van der Waals surface area contributed by atoms with Crippen LogP contribution in [0.1, 0.15) is 67.1 Å². The number of nitrogens with one attached hydrogen (secondary N) is 1. The molecule has 0 amide bonds. The number of anilines is 3. The highest BCUT2D eigenvalue weighted by Crippen LogP contribution is 2.39. The third-order valence-electron chi connectivity index (χ3n) is 7.30. The van der Waals surface area contributed by atoms with E-state index >= 15 is 0 Å². The van der Waals surface area contributed by atoms with Gasteiger partial charge in [-0.1, -0.05) is 13.8 Å². The Morgan fingerprint density at radius 2 is 1.95 bits per heavy atom. The summed E-state index contributed by atoms with van der Waals surface area (Å²) in [6, 6.07) is 6.65. The van der Waals surface area contributed by atoms with E-state index in [1.54, 1.807) is 26.2 Å². The zero-order chi connectivity index (χ0) is 31.5. The second kappa shape index (κ2) is 13.1. The summed E-state index contributed by atoms with van der Waals surface area (Å²) >= 11 is 0. The minimum absolute atomic E-state index is 0.0164. The summed E-state index contributed by atoms with van der Waals surface area (Å²) in [7, 11) is 5.01. The van der Waals surface area contributed by atoms with Crippen molar-refractivity contribution in [2.24, 2.45) is 4.99 Å². The molecule has 3 N–H and O–H groups in total. The zero-order valence-corrected chi connectivity index (χ0v) is 25.5. The number of nitrogens with zero attached hydrogens (tertiary/aromatic N) is 4. The number of pyridine rings is 2. The van der Waals surface area contributed by atoms with E-state index < -0.39 is 17.8 Å². The minimum atomic E-state index is -4.53. The number of aliphatic imine (C=N–C) groups is 1. The van der Waals surface area contributed by atoms with Crippen LogP contribution in [0.4, 0.5) is 30.4 Å². The number of hydrogen-bond donors (Lipinski definition) is 2. The van der Waals surface area contributed by atoms with E-state index in [2.05, 4.69) is 29.1 Å². The number of nitrogens with two attached hydrogens (primary N) is 1. The lowest BCUT2D eigenvalue weighted by Gasteiger charge is -2.28. The molecule has 0 spiro atoms. The van der Waals surface area contributed by atoms with Crippen LogP contribution in [0.2, 0.25) is 0 Å². The first-order chi connectivity index (χ1) is 20.3.